The quantitative estimate of drug-likeness (QED) is 0.789. The fraction of sp³-hybridized carbons (Fsp3) is 0.214. The van der Waals surface area contributed by atoms with Gasteiger partial charge in [-0.15, -0.1) is 11.3 Å². The molecule has 22 heavy (non-hydrogen) atoms. The lowest BCUT2D eigenvalue weighted by Gasteiger charge is -2.07. The zero-order valence-electron chi connectivity index (χ0n) is 11.8. The number of benzene rings is 1. The van der Waals surface area contributed by atoms with Crippen molar-refractivity contribution in [1.29, 1.82) is 0 Å². The van der Waals surface area contributed by atoms with Crippen LogP contribution >= 0.6 is 22.9 Å². The highest BCUT2D eigenvalue weighted by molar-refractivity contribution is 7.11. The predicted octanol–water partition coefficient (Wildman–Crippen LogP) is 3.34. The number of hydrogen-bond donors (Lipinski definition) is 1. The Kier molecular flexibility index (Phi) is 4.00. The molecule has 0 spiro atoms. The van der Waals surface area contributed by atoms with E-state index in [1.165, 1.54) is 0 Å². The summed E-state index contributed by atoms with van der Waals surface area (Å²) in [5.41, 5.74) is 1.55. The van der Waals surface area contributed by atoms with Crippen LogP contribution in [0.3, 0.4) is 0 Å². The van der Waals surface area contributed by atoms with Crippen LogP contribution in [-0.4, -0.2) is 15.1 Å². The molecule has 0 fully saturated rings. The summed E-state index contributed by atoms with van der Waals surface area (Å²) in [6.45, 7) is 4.36. The van der Waals surface area contributed by atoms with E-state index in [0.29, 0.717) is 22.9 Å². The minimum atomic E-state index is -0.623. The highest BCUT2D eigenvalue weighted by atomic mass is 35.5. The minimum absolute atomic E-state index is 0.287. The van der Waals surface area contributed by atoms with Gasteiger partial charge in [-0.3, -0.25) is 9.51 Å². The Balaban J connectivity index is 1.77. The molecule has 8 heteroatoms. The van der Waals surface area contributed by atoms with Gasteiger partial charge < -0.3 is 4.74 Å². The normalized spacial score (nSPS) is 10.9. The fourth-order valence-corrected chi connectivity index (χ4v) is 3.09. The summed E-state index contributed by atoms with van der Waals surface area (Å²) in [5, 5.41) is 5.04. The van der Waals surface area contributed by atoms with Crippen molar-refractivity contribution in [1.82, 2.24) is 15.1 Å². The van der Waals surface area contributed by atoms with Gasteiger partial charge in [-0.1, -0.05) is 16.8 Å². The number of nitrogens with one attached hydrogen (secondary N) is 1. The molecule has 2 heterocycles. The van der Waals surface area contributed by atoms with Crippen LogP contribution in [0.25, 0.3) is 11.4 Å². The average molecular weight is 338 g/mol. The maximum Gasteiger partial charge on any atom is 0.439 e. The van der Waals surface area contributed by atoms with Crippen molar-refractivity contribution < 1.29 is 9.26 Å². The molecule has 1 N–H and O–H groups in total. The molecule has 0 saturated heterocycles. The van der Waals surface area contributed by atoms with E-state index in [0.717, 1.165) is 15.6 Å². The molecule has 0 radical (unpaired) electrons. The SMILES string of the molecule is Cc1nc(C)c(COc2ccc(-c3noc(=O)[nH]3)c(Cl)c2)s1. The van der Waals surface area contributed by atoms with Crippen LogP contribution in [-0.2, 0) is 6.61 Å². The molecule has 1 aromatic carbocycles. The Morgan fingerprint density at radius 2 is 2.23 bits per heavy atom. The van der Waals surface area contributed by atoms with Gasteiger partial charge in [-0.05, 0) is 32.0 Å². The fourth-order valence-electron chi connectivity index (χ4n) is 1.98. The molecule has 0 atom stereocenters. The van der Waals surface area contributed by atoms with Crippen molar-refractivity contribution in [3.05, 3.63) is 49.4 Å². The number of thiazole rings is 1. The predicted molar refractivity (Wildman–Crippen MR) is 83.5 cm³/mol. The van der Waals surface area contributed by atoms with Gasteiger partial charge in [0.15, 0.2) is 5.82 Å². The summed E-state index contributed by atoms with van der Waals surface area (Å²) in [7, 11) is 0. The molecule has 3 rings (SSSR count). The van der Waals surface area contributed by atoms with Crippen LogP contribution in [0.4, 0.5) is 0 Å². The average Bonchev–Trinajstić information content (AvgIpc) is 3.02. The Bertz CT molecular complexity index is 868. The molecular weight excluding hydrogens is 326 g/mol. The molecule has 114 valence electrons. The largest absolute Gasteiger partial charge is 0.488 e. The Labute approximate surface area is 134 Å². The second-order valence-electron chi connectivity index (χ2n) is 4.62. The molecule has 0 amide bonds. The molecule has 6 nitrogen and oxygen atoms in total. The molecule has 2 aromatic heterocycles. The minimum Gasteiger partial charge on any atom is -0.488 e. The van der Waals surface area contributed by atoms with E-state index in [1.807, 2.05) is 13.8 Å². The molecule has 3 aromatic rings. The van der Waals surface area contributed by atoms with Gasteiger partial charge in [-0.2, -0.15) is 0 Å². The zero-order chi connectivity index (χ0) is 15.7. The van der Waals surface area contributed by atoms with Crippen molar-refractivity contribution in [2.45, 2.75) is 20.5 Å². The Hall–Kier alpha value is -2.12. The number of rotatable bonds is 4. The monoisotopic (exact) mass is 337 g/mol. The van der Waals surface area contributed by atoms with Crippen molar-refractivity contribution in [3.8, 4) is 17.1 Å². The van der Waals surface area contributed by atoms with E-state index < -0.39 is 5.76 Å². The number of nitrogens with zero attached hydrogens (tertiary/aromatic N) is 2. The maximum absolute atomic E-state index is 11.0. The summed E-state index contributed by atoms with van der Waals surface area (Å²) in [4.78, 5) is 18.9. The first-order valence-corrected chi connectivity index (χ1v) is 7.64. The molecule has 0 unspecified atom stereocenters. The first-order chi connectivity index (χ1) is 10.5. The van der Waals surface area contributed by atoms with Gasteiger partial charge in [0, 0.05) is 5.56 Å². The van der Waals surface area contributed by atoms with Crippen molar-refractivity contribution >= 4 is 22.9 Å². The molecule has 0 aliphatic carbocycles. The summed E-state index contributed by atoms with van der Waals surface area (Å²) < 4.78 is 10.2. The third-order valence-electron chi connectivity index (χ3n) is 3.01. The highest BCUT2D eigenvalue weighted by Gasteiger charge is 2.11. The van der Waals surface area contributed by atoms with Crippen LogP contribution in [0, 0.1) is 13.8 Å². The first kappa shape index (κ1) is 14.8. The van der Waals surface area contributed by atoms with Crippen molar-refractivity contribution in [3.63, 3.8) is 0 Å². The second kappa shape index (κ2) is 5.94. The lowest BCUT2D eigenvalue weighted by molar-refractivity contribution is 0.309. The summed E-state index contributed by atoms with van der Waals surface area (Å²) in [6, 6.07) is 5.15. The number of aryl methyl sites for hydroxylation is 2. The molecular formula is C14H12ClN3O3S. The molecule has 0 aliphatic heterocycles. The summed E-state index contributed by atoms with van der Waals surface area (Å²) in [5.74, 6) is 0.294. The molecule has 0 aliphatic rings. The van der Waals surface area contributed by atoms with E-state index in [4.69, 9.17) is 16.3 Å². The van der Waals surface area contributed by atoms with E-state index >= 15 is 0 Å². The van der Waals surface area contributed by atoms with Crippen LogP contribution in [0.5, 0.6) is 5.75 Å². The van der Waals surface area contributed by atoms with Gasteiger partial charge in [-0.25, -0.2) is 9.78 Å². The number of halogens is 1. The smallest absolute Gasteiger partial charge is 0.439 e. The molecule has 0 bridgehead atoms. The van der Waals surface area contributed by atoms with Crippen molar-refractivity contribution in [2.24, 2.45) is 0 Å². The molecule has 0 saturated carbocycles. The maximum atomic E-state index is 11.0. The standard InChI is InChI=1S/C14H12ClN3O3S/c1-7-12(22-8(2)16-7)6-20-9-3-4-10(11(15)5-9)13-17-14(19)21-18-13/h3-5H,6H2,1-2H3,(H,17,18,19). The van der Waals surface area contributed by atoms with E-state index in [2.05, 4.69) is 19.6 Å². The number of H-pyrrole nitrogens is 1. The van der Waals surface area contributed by atoms with Gasteiger partial charge in [0.2, 0.25) is 0 Å². The van der Waals surface area contributed by atoms with Crippen LogP contribution < -0.4 is 10.5 Å². The Morgan fingerprint density at radius 1 is 1.41 bits per heavy atom. The van der Waals surface area contributed by atoms with Crippen LogP contribution in [0.2, 0.25) is 5.02 Å². The van der Waals surface area contributed by atoms with Gasteiger partial charge in [0.1, 0.15) is 12.4 Å². The second-order valence-corrected chi connectivity index (χ2v) is 6.31. The number of ether oxygens (including phenoxy) is 1. The van der Waals surface area contributed by atoms with Crippen LogP contribution in [0.15, 0.2) is 27.5 Å². The Morgan fingerprint density at radius 3 is 2.82 bits per heavy atom. The highest BCUT2D eigenvalue weighted by Crippen LogP contribution is 2.29. The topological polar surface area (TPSA) is 81.0 Å². The number of aromatic amines is 1. The zero-order valence-corrected chi connectivity index (χ0v) is 13.4. The summed E-state index contributed by atoms with van der Waals surface area (Å²) >= 11 is 7.81. The van der Waals surface area contributed by atoms with Gasteiger partial charge in [0.25, 0.3) is 0 Å². The first-order valence-electron chi connectivity index (χ1n) is 6.44. The third-order valence-corrected chi connectivity index (χ3v) is 4.36. The van der Waals surface area contributed by atoms with Gasteiger partial charge in [0.05, 0.1) is 20.6 Å². The van der Waals surface area contributed by atoms with Gasteiger partial charge >= 0.3 is 5.76 Å². The number of hydrogen-bond acceptors (Lipinski definition) is 6. The van der Waals surface area contributed by atoms with E-state index in [9.17, 15) is 4.79 Å². The van der Waals surface area contributed by atoms with Crippen LogP contribution in [0.1, 0.15) is 15.6 Å². The third kappa shape index (κ3) is 3.05. The van der Waals surface area contributed by atoms with E-state index in [-0.39, 0.29) is 5.82 Å². The lowest BCUT2D eigenvalue weighted by Crippen LogP contribution is -1.96. The van der Waals surface area contributed by atoms with E-state index in [1.54, 1.807) is 29.5 Å². The lowest BCUT2D eigenvalue weighted by atomic mass is 10.2. The van der Waals surface area contributed by atoms with Crippen molar-refractivity contribution in [2.75, 3.05) is 0 Å². The number of aromatic nitrogens is 3. The summed E-state index contributed by atoms with van der Waals surface area (Å²) in [6.07, 6.45) is 0.